The SMILES string of the molecule is CCC1C(C)=NN=C(c2ccc(OC)c(O)c2)c2cc(OC)c(O)cc21. The standard InChI is InChI=1S/C20H22N2O4/c1-5-13-11(2)21-22-20(12-6-7-18(25-3)16(23)8-12)15-10-19(26-4)17(24)9-14(13)15/h6-10,13,23-24H,5H2,1-4H3. The van der Waals surface area contributed by atoms with E-state index in [9.17, 15) is 10.2 Å². The predicted molar refractivity (Wildman–Crippen MR) is 101 cm³/mol. The zero-order valence-corrected chi connectivity index (χ0v) is 15.3. The van der Waals surface area contributed by atoms with Gasteiger partial charge in [-0.05, 0) is 49.2 Å². The minimum Gasteiger partial charge on any atom is -0.504 e. The smallest absolute Gasteiger partial charge is 0.161 e. The third-order valence-corrected chi connectivity index (χ3v) is 4.65. The molecule has 0 spiro atoms. The van der Waals surface area contributed by atoms with Gasteiger partial charge >= 0.3 is 0 Å². The van der Waals surface area contributed by atoms with Crippen molar-refractivity contribution in [2.24, 2.45) is 10.2 Å². The summed E-state index contributed by atoms with van der Waals surface area (Å²) in [4.78, 5) is 0. The number of nitrogens with zero attached hydrogens (tertiary/aromatic N) is 2. The number of hydrogen-bond acceptors (Lipinski definition) is 6. The van der Waals surface area contributed by atoms with Crippen molar-refractivity contribution in [1.82, 2.24) is 0 Å². The lowest BCUT2D eigenvalue weighted by molar-refractivity contribution is 0.373. The number of methoxy groups -OCH3 is 2. The number of hydrogen-bond donors (Lipinski definition) is 2. The Balaban J connectivity index is 2.25. The molecule has 0 fully saturated rings. The number of aromatic hydroxyl groups is 2. The molecule has 0 radical (unpaired) electrons. The Bertz CT molecular complexity index is 903. The average Bonchev–Trinajstić information content (AvgIpc) is 2.76. The van der Waals surface area contributed by atoms with Crippen molar-refractivity contribution in [3.05, 3.63) is 47.0 Å². The van der Waals surface area contributed by atoms with E-state index in [-0.39, 0.29) is 17.4 Å². The first-order valence-electron chi connectivity index (χ1n) is 8.40. The zero-order chi connectivity index (χ0) is 18.8. The Labute approximate surface area is 152 Å². The second kappa shape index (κ2) is 7.07. The summed E-state index contributed by atoms with van der Waals surface area (Å²) in [6.07, 6.45) is 0.824. The van der Waals surface area contributed by atoms with Gasteiger partial charge in [0.25, 0.3) is 0 Å². The van der Waals surface area contributed by atoms with Gasteiger partial charge < -0.3 is 19.7 Å². The lowest BCUT2D eigenvalue weighted by atomic mass is 9.85. The molecule has 26 heavy (non-hydrogen) atoms. The van der Waals surface area contributed by atoms with Crippen LogP contribution in [0.1, 0.15) is 42.9 Å². The molecule has 136 valence electrons. The molecule has 0 amide bonds. The topological polar surface area (TPSA) is 83.6 Å². The predicted octanol–water partition coefficient (Wildman–Crippen LogP) is 3.84. The van der Waals surface area contributed by atoms with E-state index in [0.717, 1.165) is 23.3 Å². The summed E-state index contributed by atoms with van der Waals surface area (Å²) in [5, 5.41) is 29.2. The van der Waals surface area contributed by atoms with Gasteiger partial charge in [-0.1, -0.05) is 6.92 Å². The molecular formula is C20H22N2O4. The van der Waals surface area contributed by atoms with Crippen molar-refractivity contribution in [2.75, 3.05) is 14.2 Å². The number of phenols is 2. The molecule has 2 N–H and O–H groups in total. The summed E-state index contributed by atoms with van der Waals surface area (Å²) in [6.45, 7) is 4.00. The van der Waals surface area contributed by atoms with E-state index in [1.165, 1.54) is 14.2 Å². The molecule has 6 heteroatoms. The molecule has 2 aromatic rings. The molecule has 0 saturated carbocycles. The van der Waals surface area contributed by atoms with Crippen molar-refractivity contribution in [3.8, 4) is 23.0 Å². The first kappa shape index (κ1) is 17.8. The minimum absolute atomic E-state index is 0.0250. The van der Waals surface area contributed by atoms with E-state index >= 15 is 0 Å². The van der Waals surface area contributed by atoms with E-state index < -0.39 is 0 Å². The molecule has 3 rings (SSSR count). The zero-order valence-electron chi connectivity index (χ0n) is 15.3. The van der Waals surface area contributed by atoms with Gasteiger partial charge in [-0.25, -0.2) is 0 Å². The lowest BCUT2D eigenvalue weighted by Gasteiger charge is -2.19. The first-order chi connectivity index (χ1) is 12.5. The van der Waals surface area contributed by atoms with Crippen molar-refractivity contribution < 1.29 is 19.7 Å². The highest BCUT2D eigenvalue weighted by Gasteiger charge is 2.26. The van der Waals surface area contributed by atoms with Crippen LogP contribution in [0, 0.1) is 0 Å². The molecular weight excluding hydrogens is 332 g/mol. The quantitative estimate of drug-likeness (QED) is 0.874. The van der Waals surface area contributed by atoms with Crippen LogP contribution in [0.25, 0.3) is 0 Å². The number of rotatable bonds is 4. The third kappa shape index (κ3) is 2.98. The summed E-state index contributed by atoms with van der Waals surface area (Å²) in [5.74, 6) is 0.893. The fourth-order valence-electron chi connectivity index (χ4n) is 3.28. The first-order valence-corrected chi connectivity index (χ1v) is 8.40. The highest BCUT2D eigenvalue weighted by Crippen LogP contribution is 2.38. The molecule has 1 unspecified atom stereocenters. The molecule has 1 heterocycles. The van der Waals surface area contributed by atoms with Gasteiger partial charge in [-0.3, -0.25) is 0 Å². The van der Waals surface area contributed by atoms with Crippen molar-refractivity contribution in [3.63, 3.8) is 0 Å². The fraction of sp³-hybridized carbons (Fsp3) is 0.300. The summed E-state index contributed by atoms with van der Waals surface area (Å²) in [5.41, 5.74) is 3.92. The molecule has 0 saturated heterocycles. The maximum Gasteiger partial charge on any atom is 0.161 e. The van der Waals surface area contributed by atoms with Crippen LogP contribution in [0.4, 0.5) is 0 Å². The Morgan fingerprint density at radius 1 is 0.962 bits per heavy atom. The van der Waals surface area contributed by atoms with Crippen molar-refractivity contribution >= 4 is 11.4 Å². The largest absolute Gasteiger partial charge is 0.504 e. The highest BCUT2D eigenvalue weighted by molar-refractivity contribution is 6.16. The number of phenolic OH excluding ortho intramolecular Hbond substituents is 2. The lowest BCUT2D eigenvalue weighted by Crippen LogP contribution is -2.12. The monoisotopic (exact) mass is 354 g/mol. The maximum absolute atomic E-state index is 10.3. The van der Waals surface area contributed by atoms with Crippen LogP contribution in [0.15, 0.2) is 40.5 Å². The van der Waals surface area contributed by atoms with Crippen LogP contribution < -0.4 is 9.47 Å². The van der Waals surface area contributed by atoms with Gasteiger partial charge in [0, 0.05) is 22.8 Å². The Kier molecular flexibility index (Phi) is 4.84. The van der Waals surface area contributed by atoms with E-state index in [4.69, 9.17) is 9.47 Å². The summed E-state index contributed by atoms with van der Waals surface area (Å²) >= 11 is 0. The van der Waals surface area contributed by atoms with Crippen molar-refractivity contribution in [2.45, 2.75) is 26.2 Å². The van der Waals surface area contributed by atoms with Crippen LogP contribution in [0.5, 0.6) is 23.0 Å². The van der Waals surface area contributed by atoms with Gasteiger partial charge in [0.1, 0.15) is 5.71 Å². The van der Waals surface area contributed by atoms with Crippen molar-refractivity contribution in [1.29, 1.82) is 0 Å². The number of ether oxygens (including phenoxy) is 2. The van der Waals surface area contributed by atoms with E-state index in [0.29, 0.717) is 22.8 Å². The van der Waals surface area contributed by atoms with Gasteiger partial charge in [0.05, 0.1) is 14.2 Å². The molecule has 2 aromatic carbocycles. The third-order valence-electron chi connectivity index (χ3n) is 4.65. The molecule has 0 aromatic heterocycles. The number of fused-ring (bicyclic) bond motifs is 1. The fourth-order valence-corrected chi connectivity index (χ4v) is 3.28. The second-order valence-electron chi connectivity index (χ2n) is 6.15. The van der Waals surface area contributed by atoms with Crippen LogP contribution in [0.3, 0.4) is 0 Å². The van der Waals surface area contributed by atoms with Crippen LogP contribution >= 0.6 is 0 Å². The molecule has 0 aliphatic carbocycles. The van der Waals surface area contributed by atoms with Gasteiger partial charge in [-0.15, -0.1) is 5.10 Å². The normalized spacial score (nSPS) is 16.2. The van der Waals surface area contributed by atoms with Crippen LogP contribution in [-0.4, -0.2) is 35.9 Å². The highest BCUT2D eigenvalue weighted by atomic mass is 16.5. The van der Waals surface area contributed by atoms with E-state index in [2.05, 4.69) is 17.1 Å². The minimum atomic E-state index is 0.0250. The van der Waals surface area contributed by atoms with Crippen LogP contribution in [0.2, 0.25) is 0 Å². The Hall–Kier alpha value is -3.02. The molecule has 6 nitrogen and oxygen atoms in total. The van der Waals surface area contributed by atoms with E-state index in [1.807, 2.05) is 13.0 Å². The molecule has 1 aliphatic rings. The number of benzene rings is 2. The van der Waals surface area contributed by atoms with Crippen LogP contribution in [-0.2, 0) is 0 Å². The summed E-state index contributed by atoms with van der Waals surface area (Å²) in [7, 11) is 3.01. The molecule has 1 atom stereocenters. The van der Waals surface area contributed by atoms with Gasteiger partial charge in [-0.2, -0.15) is 5.10 Å². The molecule has 1 aliphatic heterocycles. The van der Waals surface area contributed by atoms with E-state index in [1.54, 1.807) is 24.3 Å². The molecule has 0 bridgehead atoms. The second-order valence-corrected chi connectivity index (χ2v) is 6.15. The summed E-state index contributed by atoms with van der Waals surface area (Å²) < 4.78 is 10.4. The Morgan fingerprint density at radius 3 is 2.27 bits per heavy atom. The summed E-state index contributed by atoms with van der Waals surface area (Å²) in [6, 6.07) is 8.58. The van der Waals surface area contributed by atoms with Gasteiger partial charge in [0.2, 0.25) is 0 Å². The Morgan fingerprint density at radius 2 is 1.65 bits per heavy atom. The maximum atomic E-state index is 10.3. The van der Waals surface area contributed by atoms with Gasteiger partial charge in [0.15, 0.2) is 23.0 Å². The average molecular weight is 354 g/mol.